The molecule has 0 amide bonds. The van der Waals surface area contributed by atoms with E-state index >= 15 is 0 Å². The molecule has 3 fully saturated rings. The van der Waals surface area contributed by atoms with Crippen LogP contribution in [0.3, 0.4) is 0 Å². The maximum absolute atomic E-state index is 6.77. The van der Waals surface area contributed by atoms with Crippen LogP contribution in [0, 0.1) is 6.92 Å². The summed E-state index contributed by atoms with van der Waals surface area (Å²) >= 11 is 6.77. The Kier molecular flexibility index (Phi) is 5.95. The maximum atomic E-state index is 6.77. The fourth-order valence-electron chi connectivity index (χ4n) is 5.76. The zero-order valence-electron chi connectivity index (χ0n) is 20.6. The predicted octanol–water partition coefficient (Wildman–Crippen LogP) is 4.85. The molecule has 0 bridgehead atoms. The summed E-state index contributed by atoms with van der Waals surface area (Å²) in [6.07, 6.45) is 8.33. The van der Waals surface area contributed by atoms with Crippen molar-refractivity contribution < 1.29 is 9.47 Å². The van der Waals surface area contributed by atoms with Crippen molar-refractivity contribution in [1.29, 1.82) is 0 Å². The average Bonchev–Trinajstić information content (AvgIpc) is 3.54. The number of likely N-dealkylation sites (tertiary alicyclic amines) is 1. The zero-order chi connectivity index (χ0) is 24.2. The minimum Gasteiger partial charge on any atom is -0.377 e. The molecule has 186 valence electrons. The number of rotatable bonds is 6. The standard InChI is InChI=1S/C26H33ClN6O2/c1-16-23(13-29-33(16)19-4-5-19)31-25-28-12-18-10-21(27)20(11-22(18)30-25)17-6-8-32(9-7-17)26(2)15-35-14-24(26)34-3/h10-13,17,19,24H,4-9,14-15H2,1-3H3,(H,28,30,31). The van der Waals surface area contributed by atoms with E-state index < -0.39 is 0 Å². The van der Waals surface area contributed by atoms with Gasteiger partial charge in [0.15, 0.2) is 0 Å². The number of anilines is 2. The predicted molar refractivity (Wildman–Crippen MR) is 137 cm³/mol. The van der Waals surface area contributed by atoms with Gasteiger partial charge in [0.25, 0.3) is 0 Å². The fourth-order valence-corrected chi connectivity index (χ4v) is 6.08. The maximum Gasteiger partial charge on any atom is 0.227 e. The first kappa shape index (κ1) is 23.2. The molecule has 0 spiro atoms. The summed E-state index contributed by atoms with van der Waals surface area (Å²) in [6.45, 7) is 7.74. The van der Waals surface area contributed by atoms with E-state index in [0.29, 0.717) is 24.5 Å². The molecule has 2 saturated heterocycles. The molecule has 2 aromatic heterocycles. The van der Waals surface area contributed by atoms with Gasteiger partial charge >= 0.3 is 0 Å². The van der Waals surface area contributed by atoms with Gasteiger partial charge in [-0.2, -0.15) is 5.10 Å². The Morgan fingerprint density at radius 1 is 1.17 bits per heavy atom. The summed E-state index contributed by atoms with van der Waals surface area (Å²) in [5.74, 6) is 0.985. The second-order valence-electron chi connectivity index (χ2n) is 10.4. The number of piperidine rings is 1. The third-order valence-corrected chi connectivity index (χ3v) is 8.51. The van der Waals surface area contributed by atoms with Crippen LogP contribution < -0.4 is 5.32 Å². The third kappa shape index (κ3) is 4.20. The lowest BCUT2D eigenvalue weighted by Crippen LogP contribution is -2.57. The Morgan fingerprint density at radius 2 is 1.97 bits per heavy atom. The van der Waals surface area contributed by atoms with Gasteiger partial charge in [-0.3, -0.25) is 9.58 Å². The highest BCUT2D eigenvalue weighted by molar-refractivity contribution is 6.32. The van der Waals surface area contributed by atoms with Gasteiger partial charge in [-0.05, 0) is 76.2 Å². The minimum absolute atomic E-state index is 0.0634. The molecule has 4 heterocycles. The van der Waals surface area contributed by atoms with Crippen molar-refractivity contribution in [1.82, 2.24) is 24.6 Å². The highest BCUT2D eigenvalue weighted by Crippen LogP contribution is 2.39. The van der Waals surface area contributed by atoms with Crippen molar-refractivity contribution in [2.45, 2.75) is 63.1 Å². The Morgan fingerprint density at radius 3 is 2.71 bits per heavy atom. The molecule has 9 heteroatoms. The van der Waals surface area contributed by atoms with E-state index in [2.05, 4.69) is 44.9 Å². The van der Waals surface area contributed by atoms with E-state index in [-0.39, 0.29) is 11.6 Å². The first-order chi connectivity index (χ1) is 17.0. The molecule has 1 saturated carbocycles. The first-order valence-corrected chi connectivity index (χ1v) is 13.0. The lowest BCUT2D eigenvalue weighted by atomic mass is 9.85. The number of aromatic nitrogens is 4. The number of nitrogens with zero attached hydrogens (tertiary/aromatic N) is 5. The average molecular weight is 497 g/mol. The van der Waals surface area contributed by atoms with Crippen molar-refractivity contribution >= 4 is 34.1 Å². The molecule has 3 aromatic rings. The van der Waals surface area contributed by atoms with Gasteiger partial charge in [0, 0.05) is 23.7 Å². The Hall–Kier alpha value is -2.26. The number of ether oxygens (including phenoxy) is 2. The molecule has 1 N–H and O–H groups in total. The fraction of sp³-hybridized carbons (Fsp3) is 0.577. The van der Waals surface area contributed by atoms with Crippen molar-refractivity contribution in [3.8, 4) is 0 Å². The number of halogens is 1. The lowest BCUT2D eigenvalue weighted by molar-refractivity contribution is -0.0242. The summed E-state index contributed by atoms with van der Waals surface area (Å²) in [6, 6.07) is 4.71. The Bertz CT molecular complexity index is 1240. The lowest BCUT2D eigenvalue weighted by Gasteiger charge is -2.44. The summed E-state index contributed by atoms with van der Waals surface area (Å²) in [5.41, 5.74) is 4.10. The molecular formula is C26H33ClN6O2. The van der Waals surface area contributed by atoms with Gasteiger partial charge in [-0.25, -0.2) is 9.97 Å². The number of hydrogen-bond donors (Lipinski definition) is 1. The number of benzene rings is 1. The van der Waals surface area contributed by atoms with Crippen LogP contribution in [0.25, 0.3) is 10.9 Å². The monoisotopic (exact) mass is 496 g/mol. The molecule has 8 nitrogen and oxygen atoms in total. The molecule has 2 atom stereocenters. The van der Waals surface area contributed by atoms with Gasteiger partial charge in [0.1, 0.15) is 6.10 Å². The highest BCUT2D eigenvalue weighted by Gasteiger charge is 2.46. The van der Waals surface area contributed by atoms with Crippen LogP contribution in [-0.4, -0.2) is 69.7 Å². The summed E-state index contributed by atoms with van der Waals surface area (Å²) in [4.78, 5) is 11.9. The molecule has 0 radical (unpaired) electrons. The largest absolute Gasteiger partial charge is 0.377 e. The summed E-state index contributed by atoms with van der Waals surface area (Å²) < 4.78 is 13.6. The Balaban J connectivity index is 1.20. The number of nitrogens with one attached hydrogen (secondary N) is 1. The van der Waals surface area contributed by atoms with Crippen LogP contribution in [0.2, 0.25) is 5.02 Å². The summed E-state index contributed by atoms with van der Waals surface area (Å²) in [5, 5.41) is 9.64. The van der Waals surface area contributed by atoms with E-state index in [9.17, 15) is 0 Å². The molecule has 6 rings (SSSR count). The van der Waals surface area contributed by atoms with Crippen LogP contribution in [0.15, 0.2) is 24.5 Å². The molecule has 2 unspecified atom stereocenters. The van der Waals surface area contributed by atoms with Gasteiger partial charge < -0.3 is 14.8 Å². The smallest absolute Gasteiger partial charge is 0.227 e. The topological polar surface area (TPSA) is 77.3 Å². The van der Waals surface area contributed by atoms with Crippen LogP contribution in [0.5, 0.6) is 0 Å². The molecule has 1 aromatic carbocycles. The van der Waals surface area contributed by atoms with Crippen molar-refractivity contribution in [2.24, 2.45) is 0 Å². The van der Waals surface area contributed by atoms with E-state index in [0.717, 1.165) is 59.8 Å². The van der Waals surface area contributed by atoms with Crippen LogP contribution in [0.1, 0.15) is 55.8 Å². The first-order valence-electron chi connectivity index (χ1n) is 12.6. The van der Waals surface area contributed by atoms with E-state index in [1.54, 1.807) is 7.11 Å². The third-order valence-electron chi connectivity index (χ3n) is 8.18. The minimum atomic E-state index is -0.0634. The quantitative estimate of drug-likeness (QED) is 0.522. The normalized spacial score (nSPS) is 26.0. The molecule has 3 aliphatic rings. The van der Waals surface area contributed by atoms with Gasteiger partial charge in [0.2, 0.25) is 5.95 Å². The number of hydrogen-bond acceptors (Lipinski definition) is 7. The number of fused-ring (bicyclic) bond motifs is 1. The van der Waals surface area contributed by atoms with Crippen LogP contribution >= 0.6 is 11.6 Å². The van der Waals surface area contributed by atoms with E-state index in [1.807, 2.05) is 18.5 Å². The molecule has 2 aliphatic heterocycles. The van der Waals surface area contributed by atoms with Crippen molar-refractivity contribution in [3.05, 3.63) is 40.8 Å². The Labute approximate surface area is 211 Å². The summed E-state index contributed by atoms with van der Waals surface area (Å²) in [7, 11) is 1.78. The van der Waals surface area contributed by atoms with E-state index in [4.69, 9.17) is 26.1 Å². The van der Waals surface area contributed by atoms with Gasteiger partial charge in [-0.15, -0.1) is 0 Å². The van der Waals surface area contributed by atoms with Gasteiger partial charge in [0.05, 0.1) is 47.9 Å². The van der Waals surface area contributed by atoms with Crippen LogP contribution in [-0.2, 0) is 9.47 Å². The van der Waals surface area contributed by atoms with Crippen LogP contribution in [0.4, 0.5) is 11.6 Å². The highest BCUT2D eigenvalue weighted by atomic mass is 35.5. The van der Waals surface area contributed by atoms with Crippen molar-refractivity contribution in [2.75, 3.05) is 38.7 Å². The number of methoxy groups -OCH3 is 1. The van der Waals surface area contributed by atoms with E-state index in [1.165, 1.54) is 18.4 Å². The molecule has 35 heavy (non-hydrogen) atoms. The second kappa shape index (κ2) is 9.00. The second-order valence-corrected chi connectivity index (χ2v) is 10.8. The SMILES string of the molecule is COC1COCC1(C)N1CCC(c2cc3nc(Nc4cnn(C5CC5)c4C)ncc3cc2Cl)CC1. The molecule has 1 aliphatic carbocycles. The van der Waals surface area contributed by atoms with Crippen molar-refractivity contribution in [3.63, 3.8) is 0 Å². The molecular weight excluding hydrogens is 464 g/mol. The zero-order valence-corrected chi connectivity index (χ0v) is 21.4. The van der Waals surface area contributed by atoms with Gasteiger partial charge in [-0.1, -0.05) is 11.6 Å².